The lowest BCUT2D eigenvalue weighted by atomic mass is 10.2. The van der Waals surface area contributed by atoms with Crippen molar-refractivity contribution in [2.24, 2.45) is 5.73 Å². The van der Waals surface area contributed by atoms with Crippen LogP contribution >= 0.6 is 28.1 Å². The summed E-state index contributed by atoms with van der Waals surface area (Å²) in [5.74, 6) is -0.0925. The molecule has 0 aromatic carbocycles. The summed E-state index contributed by atoms with van der Waals surface area (Å²) in [7, 11) is 1.71. The van der Waals surface area contributed by atoms with E-state index >= 15 is 0 Å². The van der Waals surface area contributed by atoms with Gasteiger partial charge in [0.15, 0.2) is 0 Å². The quantitative estimate of drug-likeness (QED) is 0.858. The third-order valence-electron chi connectivity index (χ3n) is 1.99. The fourth-order valence-electron chi connectivity index (χ4n) is 1.13. The van der Waals surface area contributed by atoms with Gasteiger partial charge in [0.1, 0.15) is 0 Å². The van der Waals surface area contributed by atoms with Gasteiger partial charge in [0, 0.05) is 36.9 Å². The molecule has 0 fully saturated rings. The number of carbonyl (C=O) groups excluding carboxylic acids is 1. The first-order valence-electron chi connectivity index (χ1n) is 4.65. The second-order valence-electron chi connectivity index (χ2n) is 3.33. The van der Waals surface area contributed by atoms with Crippen LogP contribution in [0.5, 0.6) is 0 Å². The number of thiocarbonyl (C=S) groups is 1. The Morgan fingerprint density at radius 2 is 2.31 bits per heavy atom. The minimum Gasteiger partial charge on any atom is -0.393 e. The molecule has 0 saturated carbocycles. The van der Waals surface area contributed by atoms with Crippen LogP contribution in [0.15, 0.2) is 22.9 Å². The van der Waals surface area contributed by atoms with E-state index in [0.717, 1.165) is 4.47 Å². The maximum absolute atomic E-state index is 11.9. The molecule has 1 aromatic heterocycles. The molecule has 6 heteroatoms. The van der Waals surface area contributed by atoms with E-state index in [4.69, 9.17) is 18.0 Å². The minimum absolute atomic E-state index is 0.0925. The Bertz CT molecular complexity index is 411. The number of aromatic nitrogens is 1. The number of carbonyl (C=O) groups is 1. The highest BCUT2D eigenvalue weighted by atomic mass is 79.9. The number of pyridine rings is 1. The summed E-state index contributed by atoms with van der Waals surface area (Å²) in [6.07, 6.45) is 3.69. The van der Waals surface area contributed by atoms with Crippen LogP contribution in [0.2, 0.25) is 0 Å². The standard InChI is InChI=1S/C10H12BrN3OS/c1-14(3-2-9(12)16)10(15)7-4-8(11)6-13-5-7/h4-6H,2-3H2,1H3,(H2,12,16). The molecule has 1 amide bonds. The summed E-state index contributed by atoms with van der Waals surface area (Å²) >= 11 is 8.03. The van der Waals surface area contributed by atoms with Crippen LogP contribution in [0.4, 0.5) is 0 Å². The van der Waals surface area contributed by atoms with Crippen molar-refractivity contribution in [1.29, 1.82) is 0 Å². The van der Waals surface area contributed by atoms with Crippen molar-refractivity contribution < 1.29 is 4.79 Å². The van der Waals surface area contributed by atoms with Crippen molar-refractivity contribution in [2.75, 3.05) is 13.6 Å². The third-order valence-corrected chi connectivity index (χ3v) is 2.63. The van der Waals surface area contributed by atoms with Gasteiger partial charge in [0.25, 0.3) is 5.91 Å². The molecule has 1 heterocycles. The second kappa shape index (κ2) is 5.91. The Balaban J connectivity index is 2.67. The van der Waals surface area contributed by atoms with E-state index in [1.165, 1.54) is 6.20 Å². The lowest BCUT2D eigenvalue weighted by Crippen LogP contribution is -2.30. The Morgan fingerprint density at radius 1 is 1.62 bits per heavy atom. The molecule has 1 aromatic rings. The van der Waals surface area contributed by atoms with E-state index in [1.54, 1.807) is 24.2 Å². The van der Waals surface area contributed by atoms with Gasteiger partial charge in [0.05, 0.1) is 10.6 Å². The van der Waals surface area contributed by atoms with Gasteiger partial charge in [-0.2, -0.15) is 0 Å². The molecule has 4 nitrogen and oxygen atoms in total. The van der Waals surface area contributed by atoms with E-state index in [0.29, 0.717) is 23.5 Å². The first-order valence-corrected chi connectivity index (χ1v) is 5.85. The van der Waals surface area contributed by atoms with Gasteiger partial charge in [0.2, 0.25) is 0 Å². The molecule has 2 N–H and O–H groups in total. The molecule has 0 aliphatic carbocycles. The smallest absolute Gasteiger partial charge is 0.255 e. The normalized spacial score (nSPS) is 9.88. The van der Waals surface area contributed by atoms with E-state index < -0.39 is 0 Å². The van der Waals surface area contributed by atoms with Crippen molar-refractivity contribution in [3.05, 3.63) is 28.5 Å². The molecular formula is C10H12BrN3OS. The van der Waals surface area contributed by atoms with Crippen LogP contribution in [-0.2, 0) is 0 Å². The molecule has 0 atom stereocenters. The maximum Gasteiger partial charge on any atom is 0.255 e. The van der Waals surface area contributed by atoms with E-state index in [9.17, 15) is 4.79 Å². The molecule has 86 valence electrons. The Labute approximate surface area is 108 Å². The summed E-state index contributed by atoms with van der Waals surface area (Å²) in [5, 5.41) is 0. The summed E-state index contributed by atoms with van der Waals surface area (Å²) in [5.41, 5.74) is 5.92. The molecule has 0 saturated heterocycles. The van der Waals surface area contributed by atoms with E-state index in [1.807, 2.05) is 0 Å². The summed E-state index contributed by atoms with van der Waals surface area (Å²) in [6, 6.07) is 1.73. The molecule has 1 rings (SSSR count). The predicted octanol–water partition coefficient (Wildman–Crippen LogP) is 1.59. The number of nitrogens with zero attached hydrogens (tertiary/aromatic N) is 2. The highest BCUT2D eigenvalue weighted by Crippen LogP contribution is 2.11. The zero-order chi connectivity index (χ0) is 12.1. The van der Waals surface area contributed by atoms with E-state index in [2.05, 4.69) is 20.9 Å². The number of rotatable bonds is 4. The highest BCUT2D eigenvalue weighted by Gasteiger charge is 2.12. The lowest BCUT2D eigenvalue weighted by molar-refractivity contribution is 0.0798. The van der Waals surface area contributed by atoms with Gasteiger partial charge < -0.3 is 10.6 Å². The van der Waals surface area contributed by atoms with Crippen LogP contribution in [0.1, 0.15) is 16.8 Å². The molecule has 16 heavy (non-hydrogen) atoms. The van der Waals surface area contributed by atoms with Crippen molar-refractivity contribution in [2.45, 2.75) is 6.42 Å². The van der Waals surface area contributed by atoms with Crippen LogP contribution in [0.25, 0.3) is 0 Å². The fourth-order valence-corrected chi connectivity index (χ4v) is 1.58. The monoisotopic (exact) mass is 301 g/mol. The zero-order valence-corrected chi connectivity index (χ0v) is 11.2. The fraction of sp³-hybridized carbons (Fsp3) is 0.300. The topological polar surface area (TPSA) is 59.2 Å². The molecule has 0 unspecified atom stereocenters. The first-order chi connectivity index (χ1) is 7.50. The number of hydrogen-bond acceptors (Lipinski definition) is 3. The van der Waals surface area contributed by atoms with Gasteiger partial charge in [-0.05, 0) is 22.0 Å². The average molecular weight is 302 g/mol. The number of nitrogens with two attached hydrogens (primary N) is 1. The molecule has 0 radical (unpaired) electrons. The SMILES string of the molecule is CN(CCC(N)=S)C(=O)c1cncc(Br)c1. The summed E-state index contributed by atoms with van der Waals surface area (Å²) in [6.45, 7) is 0.515. The van der Waals surface area contributed by atoms with Gasteiger partial charge >= 0.3 is 0 Å². The van der Waals surface area contributed by atoms with Gasteiger partial charge in [-0.15, -0.1) is 0 Å². The van der Waals surface area contributed by atoms with Crippen LogP contribution in [-0.4, -0.2) is 34.4 Å². The maximum atomic E-state index is 11.9. The third kappa shape index (κ3) is 3.86. The van der Waals surface area contributed by atoms with Crippen LogP contribution in [0.3, 0.4) is 0 Å². The summed E-state index contributed by atoms with van der Waals surface area (Å²) < 4.78 is 0.779. The first kappa shape index (κ1) is 13.1. The second-order valence-corrected chi connectivity index (χ2v) is 4.77. The van der Waals surface area contributed by atoms with Gasteiger partial charge in [-0.3, -0.25) is 9.78 Å². The van der Waals surface area contributed by atoms with Crippen molar-refractivity contribution >= 4 is 39.0 Å². The lowest BCUT2D eigenvalue weighted by Gasteiger charge is -2.16. The van der Waals surface area contributed by atoms with Crippen molar-refractivity contribution in [1.82, 2.24) is 9.88 Å². The predicted molar refractivity (Wildman–Crippen MR) is 70.3 cm³/mol. The number of halogens is 1. The number of amides is 1. The summed E-state index contributed by atoms with van der Waals surface area (Å²) in [4.78, 5) is 17.8. The molecule has 0 bridgehead atoms. The average Bonchev–Trinajstić information content (AvgIpc) is 2.24. The Morgan fingerprint density at radius 3 is 2.88 bits per heavy atom. The van der Waals surface area contributed by atoms with E-state index in [-0.39, 0.29) is 5.91 Å². The highest BCUT2D eigenvalue weighted by molar-refractivity contribution is 9.10. The van der Waals surface area contributed by atoms with Crippen molar-refractivity contribution in [3.63, 3.8) is 0 Å². The van der Waals surface area contributed by atoms with Gasteiger partial charge in [-0.1, -0.05) is 12.2 Å². The minimum atomic E-state index is -0.0925. The molecule has 0 aliphatic rings. The Kier molecular flexibility index (Phi) is 4.82. The molecular weight excluding hydrogens is 290 g/mol. The van der Waals surface area contributed by atoms with Crippen molar-refractivity contribution in [3.8, 4) is 0 Å². The zero-order valence-electron chi connectivity index (χ0n) is 8.81. The van der Waals surface area contributed by atoms with Crippen LogP contribution in [0, 0.1) is 0 Å². The largest absolute Gasteiger partial charge is 0.393 e. The number of hydrogen-bond donors (Lipinski definition) is 1. The van der Waals surface area contributed by atoms with Gasteiger partial charge in [-0.25, -0.2) is 0 Å². The molecule has 0 spiro atoms. The molecule has 0 aliphatic heterocycles. The van der Waals surface area contributed by atoms with Crippen LogP contribution < -0.4 is 5.73 Å². The Hall–Kier alpha value is -1.01.